The van der Waals surface area contributed by atoms with Crippen LogP contribution in [0.1, 0.15) is 137 Å². The van der Waals surface area contributed by atoms with Crippen molar-refractivity contribution in [2.45, 2.75) is 137 Å². The van der Waals surface area contributed by atoms with Crippen molar-refractivity contribution in [3.63, 3.8) is 0 Å². The van der Waals surface area contributed by atoms with Gasteiger partial charge < -0.3 is 4.74 Å². The Balaban J connectivity index is 2.03. The number of ether oxygens (including phenoxy) is 1. The van der Waals surface area contributed by atoms with E-state index >= 15 is 0 Å². The van der Waals surface area contributed by atoms with Crippen LogP contribution >= 0.6 is 0 Å². The summed E-state index contributed by atoms with van der Waals surface area (Å²) in [5.41, 5.74) is -0.332. The first-order chi connectivity index (χ1) is 13.5. The van der Waals surface area contributed by atoms with Crippen molar-refractivity contribution in [3.05, 3.63) is 0 Å². The Hall–Kier alpha value is -0.530. The van der Waals surface area contributed by atoms with Gasteiger partial charge in [0.15, 0.2) is 0 Å². The highest BCUT2D eigenvalue weighted by atomic mass is 16.5. The molecule has 0 heterocycles. The molecule has 2 heteroatoms. The van der Waals surface area contributed by atoms with Crippen molar-refractivity contribution in [1.82, 2.24) is 0 Å². The van der Waals surface area contributed by atoms with E-state index in [0.29, 0.717) is 6.61 Å². The van der Waals surface area contributed by atoms with Gasteiger partial charge in [-0.1, -0.05) is 104 Å². The molecule has 2 nitrogen and oxygen atoms in total. The number of carbonyl (C=O) groups excluding carboxylic acids is 1. The van der Waals surface area contributed by atoms with Gasteiger partial charge in [0.2, 0.25) is 0 Å². The molecule has 1 unspecified atom stereocenters. The van der Waals surface area contributed by atoms with E-state index < -0.39 is 0 Å². The highest BCUT2D eigenvalue weighted by molar-refractivity contribution is 5.75. The van der Waals surface area contributed by atoms with Gasteiger partial charge in [0.25, 0.3) is 0 Å². The predicted octanol–water partition coefficient (Wildman–Crippen LogP) is 8.47. The lowest BCUT2D eigenvalue weighted by atomic mass is 9.76. The summed E-state index contributed by atoms with van der Waals surface area (Å²) >= 11 is 0. The Morgan fingerprint density at radius 1 is 0.893 bits per heavy atom. The monoisotopic (exact) mass is 394 g/mol. The van der Waals surface area contributed by atoms with Gasteiger partial charge in [-0.25, -0.2) is 0 Å². The highest BCUT2D eigenvalue weighted by Crippen LogP contribution is 2.35. The van der Waals surface area contributed by atoms with Crippen molar-refractivity contribution in [2.75, 3.05) is 6.61 Å². The first kappa shape index (κ1) is 25.5. The molecular formula is C26H50O2. The van der Waals surface area contributed by atoms with E-state index in [1.54, 1.807) is 0 Å². The van der Waals surface area contributed by atoms with Gasteiger partial charge >= 0.3 is 5.97 Å². The summed E-state index contributed by atoms with van der Waals surface area (Å²) in [5, 5.41) is 0. The van der Waals surface area contributed by atoms with E-state index in [9.17, 15) is 4.79 Å². The Labute approximate surface area is 176 Å². The molecule has 1 aliphatic carbocycles. The number of unbranched alkanes of at least 4 members (excludes halogenated alkanes) is 9. The molecule has 1 aliphatic rings. The topological polar surface area (TPSA) is 26.3 Å². The maximum Gasteiger partial charge on any atom is 0.311 e. The standard InChI is InChI=1S/C26H50O2/c1-5-6-7-8-9-10-11-12-13-17-22-28-25(27)26(3,4)21-20-23(2)24-18-15-14-16-19-24/h23-24H,5-22H2,1-4H3. The number of esters is 1. The summed E-state index contributed by atoms with van der Waals surface area (Å²) in [5.74, 6) is 1.64. The van der Waals surface area contributed by atoms with Gasteiger partial charge in [-0.2, -0.15) is 0 Å². The summed E-state index contributed by atoms with van der Waals surface area (Å²) in [6.07, 6.45) is 22.3. The lowest BCUT2D eigenvalue weighted by Crippen LogP contribution is -2.28. The van der Waals surface area contributed by atoms with Crippen LogP contribution in [0.15, 0.2) is 0 Å². The molecule has 0 aromatic heterocycles. The summed E-state index contributed by atoms with van der Waals surface area (Å²) in [4.78, 5) is 12.5. The third-order valence-corrected chi connectivity index (χ3v) is 6.96. The van der Waals surface area contributed by atoms with Crippen molar-refractivity contribution in [3.8, 4) is 0 Å². The van der Waals surface area contributed by atoms with Crippen LogP contribution < -0.4 is 0 Å². The van der Waals surface area contributed by atoms with Gasteiger partial charge in [-0.3, -0.25) is 4.79 Å². The van der Waals surface area contributed by atoms with Gasteiger partial charge in [-0.05, 0) is 44.9 Å². The SMILES string of the molecule is CCCCCCCCCCCCOC(=O)C(C)(C)CCC(C)C1CCCCC1. The average molecular weight is 395 g/mol. The fourth-order valence-electron chi connectivity index (χ4n) is 4.58. The Bertz CT molecular complexity index is 382. The van der Waals surface area contributed by atoms with E-state index in [0.717, 1.165) is 31.1 Å². The molecule has 0 aromatic rings. The number of carbonyl (C=O) groups is 1. The molecule has 0 bridgehead atoms. The summed E-state index contributed by atoms with van der Waals surface area (Å²) in [6.45, 7) is 9.41. The van der Waals surface area contributed by atoms with Gasteiger partial charge in [0.05, 0.1) is 12.0 Å². The van der Waals surface area contributed by atoms with Gasteiger partial charge in [0, 0.05) is 0 Å². The van der Waals surface area contributed by atoms with E-state index in [1.807, 2.05) is 0 Å². The van der Waals surface area contributed by atoms with Crippen molar-refractivity contribution >= 4 is 5.97 Å². The highest BCUT2D eigenvalue weighted by Gasteiger charge is 2.31. The smallest absolute Gasteiger partial charge is 0.311 e. The van der Waals surface area contributed by atoms with Crippen LogP contribution in [0.2, 0.25) is 0 Å². The quantitative estimate of drug-likeness (QED) is 0.194. The average Bonchev–Trinajstić information content (AvgIpc) is 2.70. The van der Waals surface area contributed by atoms with Crippen LogP contribution in [0.5, 0.6) is 0 Å². The van der Waals surface area contributed by atoms with Crippen molar-refractivity contribution < 1.29 is 9.53 Å². The van der Waals surface area contributed by atoms with Crippen LogP contribution in [0, 0.1) is 17.3 Å². The Morgan fingerprint density at radius 3 is 2.00 bits per heavy atom. The van der Waals surface area contributed by atoms with Crippen LogP contribution in [-0.2, 0) is 9.53 Å². The zero-order chi connectivity index (χ0) is 20.7. The molecular weight excluding hydrogens is 344 g/mol. The Kier molecular flexibility index (Phi) is 14.0. The summed E-state index contributed by atoms with van der Waals surface area (Å²) < 4.78 is 5.62. The minimum Gasteiger partial charge on any atom is -0.465 e. The number of hydrogen-bond donors (Lipinski definition) is 0. The van der Waals surface area contributed by atoms with Crippen LogP contribution in [-0.4, -0.2) is 12.6 Å². The second-order valence-electron chi connectivity index (χ2n) is 10.1. The first-order valence-electron chi connectivity index (χ1n) is 12.6. The Morgan fingerprint density at radius 2 is 1.43 bits per heavy atom. The second-order valence-corrected chi connectivity index (χ2v) is 10.1. The molecule has 0 aliphatic heterocycles. The summed E-state index contributed by atoms with van der Waals surface area (Å²) in [6, 6.07) is 0. The number of hydrogen-bond acceptors (Lipinski definition) is 2. The molecule has 0 amide bonds. The van der Waals surface area contributed by atoms with Gasteiger partial charge in [-0.15, -0.1) is 0 Å². The van der Waals surface area contributed by atoms with E-state index in [2.05, 4.69) is 27.7 Å². The predicted molar refractivity (Wildman–Crippen MR) is 122 cm³/mol. The third kappa shape index (κ3) is 11.5. The zero-order valence-corrected chi connectivity index (χ0v) is 19.7. The van der Waals surface area contributed by atoms with Crippen LogP contribution in [0.25, 0.3) is 0 Å². The normalized spacial score (nSPS) is 16.9. The van der Waals surface area contributed by atoms with Gasteiger partial charge in [0.1, 0.15) is 0 Å². The van der Waals surface area contributed by atoms with Crippen LogP contribution in [0.4, 0.5) is 0 Å². The lowest BCUT2D eigenvalue weighted by Gasteiger charge is -2.30. The molecule has 0 radical (unpaired) electrons. The largest absolute Gasteiger partial charge is 0.465 e. The maximum atomic E-state index is 12.5. The molecule has 0 N–H and O–H groups in total. The second kappa shape index (κ2) is 15.3. The van der Waals surface area contributed by atoms with E-state index in [1.165, 1.54) is 89.9 Å². The fraction of sp³-hybridized carbons (Fsp3) is 0.962. The molecule has 0 spiro atoms. The molecule has 1 saturated carbocycles. The van der Waals surface area contributed by atoms with Crippen molar-refractivity contribution in [1.29, 1.82) is 0 Å². The molecule has 1 atom stereocenters. The summed E-state index contributed by atoms with van der Waals surface area (Å²) in [7, 11) is 0. The van der Waals surface area contributed by atoms with E-state index in [4.69, 9.17) is 4.74 Å². The fourth-order valence-corrected chi connectivity index (χ4v) is 4.58. The van der Waals surface area contributed by atoms with Crippen molar-refractivity contribution in [2.24, 2.45) is 17.3 Å². The first-order valence-corrected chi connectivity index (χ1v) is 12.6. The van der Waals surface area contributed by atoms with E-state index in [-0.39, 0.29) is 11.4 Å². The molecule has 1 fully saturated rings. The third-order valence-electron chi connectivity index (χ3n) is 6.96. The maximum absolute atomic E-state index is 12.5. The molecule has 0 saturated heterocycles. The molecule has 1 rings (SSSR count). The molecule has 0 aromatic carbocycles. The van der Waals surface area contributed by atoms with Crippen LogP contribution in [0.3, 0.4) is 0 Å². The minimum absolute atomic E-state index is 0.0132. The number of rotatable bonds is 16. The minimum atomic E-state index is -0.332. The molecule has 28 heavy (non-hydrogen) atoms. The molecule has 166 valence electrons. The lowest BCUT2D eigenvalue weighted by molar-refractivity contribution is -0.154. The zero-order valence-electron chi connectivity index (χ0n) is 19.7.